The Morgan fingerprint density at radius 2 is 2.03 bits per heavy atom. The Morgan fingerprint density at radius 1 is 1.38 bits per heavy atom. The summed E-state index contributed by atoms with van der Waals surface area (Å²) in [4.78, 5) is 43.1. The van der Waals surface area contributed by atoms with Gasteiger partial charge in [-0.1, -0.05) is 42.0 Å². The molecule has 0 aromatic heterocycles. The summed E-state index contributed by atoms with van der Waals surface area (Å²) in [5.41, 5.74) is 2.54. The van der Waals surface area contributed by atoms with Crippen molar-refractivity contribution >= 4 is 29.4 Å². The van der Waals surface area contributed by atoms with Crippen LogP contribution in [0.4, 0.5) is 4.79 Å². The molecule has 2 atom stereocenters. The summed E-state index contributed by atoms with van der Waals surface area (Å²) in [5, 5.41) is 3.32. The van der Waals surface area contributed by atoms with Crippen LogP contribution in [0.3, 0.4) is 0 Å². The predicted octanol–water partition coefficient (Wildman–Crippen LogP) is 2.56. The number of carbonyl (C=O) groups excluding carboxylic acids is 3. The van der Waals surface area contributed by atoms with E-state index in [1.165, 1.54) is 9.80 Å². The number of benzene rings is 1. The van der Waals surface area contributed by atoms with Gasteiger partial charge in [-0.2, -0.15) is 0 Å². The molecule has 0 aliphatic carbocycles. The van der Waals surface area contributed by atoms with E-state index in [9.17, 15) is 14.4 Å². The van der Waals surface area contributed by atoms with Crippen LogP contribution in [0, 0.1) is 0 Å². The topological polar surface area (TPSA) is 73.0 Å². The summed E-state index contributed by atoms with van der Waals surface area (Å²) in [7, 11) is 3.30. The van der Waals surface area contributed by atoms with Crippen LogP contribution in [0.15, 0.2) is 47.7 Å². The summed E-state index contributed by atoms with van der Waals surface area (Å²) < 4.78 is 0. The third-order valence-electron chi connectivity index (χ3n) is 5.31. The van der Waals surface area contributed by atoms with Crippen LogP contribution >= 0.6 is 11.6 Å². The highest BCUT2D eigenvalue weighted by atomic mass is 35.5. The molecule has 1 N–H and O–H groups in total. The van der Waals surface area contributed by atoms with E-state index in [-0.39, 0.29) is 24.4 Å². The lowest BCUT2D eigenvalue weighted by Gasteiger charge is -2.31. The van der Waals surface area contributed by atoms with Gasteiger partial charge in [0.05, 0.1) is 23.9 Å². The van der Waals surface area contributed by atoms with Gasteiger partial charge in [-0.25, -0.2) is 4.79 Å². The zero-order valence-corrected chi connectivity index (χ0v) is 17.8. The minimum absolute atomic E-state index is 0.183. The second kappa shape index (κ2) is 7.91. The number of amides is 4. The van der Waals surface area contributed by atoms with Crippen LogP contribution < -0.4 is 5.32 Å². The van der Waals surface area contributed by atoms with Gasteiger partial charge in [0.1, 0.15) is 6.04 Å². The van der Waals surface area contributed by atoms with Crippen LogP contribution in [-0.2, 0) is 9.59 Å². The van der Waals surface area contributed by atoms with Gasteiger partial charge in [0.15, 0.2) is 0 Å². The van der Waals surface area contributed by atoms with Crippen LogP contribution in [0.2, 0.25) is 5.02 Å². The Kier molecular flexibility index (Phi) is 5.71. The molecule has 154 valence electrons. The third-order valence-corrected chi connectivity index (χ3v) is 5.66. The van der Waals surface area contributed by atoms with Crippen molar-refractivity contribution in [3.05, 3.63) is 58.3 Å². The second-order valence-electron chi connectivity index (χ2n) is 7.58. The van der Waals surface area contributed by atoms with Crippen molar-refractivity contribution in [1.82, 2.24) is 20.0 Å². The number of urea groups is 1. The number of carbonyl (C=O) groups is 3. The smallest absolute Gasteiger partial charge is 0.322 e. The van der Waals surface area contributed by atoms with Crippen molar-refractivity contribution in [3.8, 4) is 0 Å². The van der Waals surface area contributed by atoms with E-state index in [2.05, 4.69) is 11.9 Å². The molecule has 2 aliphatic heterocycles. The lowest BCUT2D eigenvalue weighted by molar-refractivity contribution is -0.141. The molecule has 7 nitrogen and oxygen atoms in total. The number of nitrogens with zero attached hydrogens (tertiary/aromatic N) is 3. The van der Waals surface area contributed by atoms with Crippen molar-refractivity contribution < 1.29 is 14.4 Å². The van der Waals surface area contributed by atoms with Crippen LogP contribution in [0.5, 0.6) is 0 Å². The molecular formula is C21H25ClN4O3. The monoisotopic (exact) mass is 416 g/mol. The number of halogens is 1. The van der Waals surface area contributed by atoms with Gasteiger partial charge >= 0.3 is 6.03 Å². The standard InChI is InChI=1S/C21H25ClN4O3/c1-12(2)10-24(4)19(27)13(3)26-11-16-17(20(26)28)18(23-21(29)25(16)5)14-8-6-7-9-15(14)22/h6-9,13,18H,1,10-11H2,2-5H3,(H,23,29)/t13-,18-/m0/s1. The quantitative estimate of drug-likeness (QED) is 0.750. The largest absolute Gasteiger partial charge is 0.340 e. The first-order valence-corrected chi connectivity index (χ1v) is 9.73. The SMILES string of the molecule is C=C(C)CN(C)C(=O)[C@H](C)N1CC2=C(C1=O)[C@H](c1ccccc1Cl)NC(=O)N2C. The molecule has 8 heteroatoms. The molecule has 3 rings (SSSR count). The molecule has 29 heavy (non-hydrogen) atoms. The molecule has 2 heterocycles. The number of hydrogen-bond acceptors (Lipinski definition) is 3. The normalized spacial score (nSPS) is 19.8. The average Bonchev–Trinajstić information content (AvgIpc) is 3.01. The molecule has 0 unspecified atom stereocenters. The molecule has 0 saturated heterocycles. The van der Waals surface area contributed by atoms with Crippen molar-refractivity contribution in [1.29, 1.82) is 0 Å². The van der Waals surface area contributed by atoms with Crippen LogP contribution in [0.1, 0.15) is 25.5 Å². The van der Waals surface area contributed by atoms with E-state index in [0.29, 0.717) is 28.4 Å². The summed E-state index contributed by atoms with van der Waals surface area (Å²) in [6, 6.07) is 5.46. The Labute approximate surface area is 175 Å². The molecule has 4 amide bonds. The van der Waals surface area contributed by atoms with E-state index in [1.54, 1.807) is 44.1 Å². The number of likely N-dealkylation sites (N-methyl/N-ethyl adjacent to an activating group) is 2. The maximum atomic E-state index is 13.3. The lowest BCUT2D eigenvalue weighted by atomic mass is 9.95. The average molecular weight is 417 g/mol. The fourth-order valence-corrected chi connectivity index (χ4v) is 4.02. The highest BCUT2D eigenvalue weighted by molar-refractivity contribution is 6.31. The van der Waals surface area contributed by atoms with Crippen molar-refractivity contribution in [3.63, 3.8) is 0 Å². The molecule has 0 spiro atoms. The molecular weight excluding hydrogens is 392 g/mol. The molecule has 0 bridgehead atoms. The van der Waals surface area contributed by atoms with Crippen molar-refractivity contribution in [2.24, 2.45) is 0 Å². The predicted molar refractivity (Wildman–Crippen MR) is 111 cm³/mol. The van der Waals surface area contributed by atoms with E-state index in [4.69, 9.17) is 11.6 Å². The highest BCUT2D eigenvalue weighted by Crippen LogP contribution is 2.38. The lowest BCUT2D eigenvalue weighted by Crippen LogP contribution is -2.47. The number of rotatable bonds is 5. The van der Waals surface area contributed by atoms with E-state index in [0.717, 1.165) is 5.57 Å². The molecule has 0 radical (unpaired) electrons. The Balaban J connectivity index is 1.93. The van der Waals surface area contributed by atoms with E-state index < -0.39 is 12.1 Å². The highest BCUT2D eigenvalue weighted by Gasteiger charge is 2.45. The van der Waals surface area contributed by atoms with Crippen molar-refractivity contribution in [2.45, 2.75) is 25.9 Å². The Morgan fingerprint density at radius 3 is 2.66 bits per heavy atom. The Hall–Kier alpha value is -2.80. The summed E-state index contributed by atoms with van der Waals surface area (Å²) >= 11 is 6.34. The van der Waals surface area contributed by atoms with Gasteiger partial charge in [-0.15, -0.1) is 0 Å². The zero-order valence-electron chi connectivity index (χ0n) is 17.0. The molecule has 0 saturated carbocycles. The molecule has 2 aliphatic rings. The van der Waals surface area contributed by atoms with Crippen LogP contribution in [0.25, 0.3) is 0 Å². The van der Waals surface area contributed by atoms with Gasteiger partial charge in [-0.3, -0.25) is 14.5 Å². The van der Waals surface area contributed by atoms with Gasteiger partial charge in [0.2, 0.25) is 5.91 Å². The first kappa shape index (κ1) is 20.9. The second-order valence-corrected chi connectivity index (χ2v) is 7.99. The van der Waals surface area contributed by atoms with E-state index in [1.807, 2.05) is 13.0 Å². The Bertz CT molecular complexity index is 926. The minimum atomic E-state index is -0.673. The molecule has 1 aromatic carbocycles. The van der Waals surface area contributed by atoms with Gasteiger partial charge in [0.25, 0.3) is 5.91 Å². The summed E-state index contributed by atoms with van der Waals surface area (Å²) in [5.74, 6) is -0.459. The third kappa shape index (κ3) is 3.74. The fourth-order valence-electron chi connectivity index (χ4n) is 3.78. The minimum Gasteiger partial charge on any atom is -0.340 e. The maximum absolute atomic E-state index is 13.3. The zero-order chi connectivity index (χ0) is 21.5. The number of hydrogen-bond donors (Lipinski definition) is 1. The molecule has 0 fully saturated rings. The number of nitrogens with one attached hydrogen (secondary N) is 1. The van der Waals surface area contributed by atoms with Gasteiger partial charge in [-0.05, 0) is 25.5 Å². The van der Waals surface area contributed by atoms with E-state index >= 15 is 0 Å². The maximum Gasteiger partial charge on any atom is 0.322 e. The van der Waals surface area contributed by atoms with Crippen molar-refractivity contribution in [2.75, 3.05) is 27.2 Å². The first-order chi connectivity index (χ1) is 13.6. The summed E-state index contributed by atoms with van der Waals surface area (Å²) in [6.45, 7) is 7.98. The fraction of sp³-hybridized carbons (Fsp3) is 0.381. The first-order valence-electron chi connectivity index (χ1n) is 9.35. The molecule has 1 aromatic rings. The van der Waals surface area contributed by atoms with Gasteiger partial charge in [0, 0.05) is 25.7 Å². The summed E-state index contributed by atoms with van der Waals surface area (Å²) in [6.07, 6.45) is 0. The van der Waals surface area contributed by atoms with Crippen LogP contribution in [-0.4, -0.2) is 65.8 Å². The van der Waals surface area contributed by atoms with Gasteiger partial charge < -0.3 is 15.1 Å².